The SMILES string of the molecule is CC1CCCC(=Cc2ccc(Cl)cc2)C1=NO. The molecule has 3 heteroatoms. The molecule has 1 aliphatic carbocycles. The molecule has 1 N–H and O–H groups in total. The molecule has 1 unspecified atom stereocenters. The van der Waals surface area contributed by atoms with E-state index in [1.807, 2.05) is 24.3 Å². The number of rotatable bonds is 1. The van der Waals surface area contributed by atoms with E-state index in [4.69, 9.17) is 16.8 Å². The van der Waals surface area contributed by atoms with E-state index in [2.05, 4.69) is 18.2 Å². The Morgan fingerprint density at radius 3 is 2.71 bits per heavy atom. The molecule has 1 atom stereocenters. The molecule has 2 nitrogen and oxygen atoms in total. The van der Waals surface area contributed by atoms with Gasteiger partial charge in [-0.25, -0.2) is 0 Å². The molecule has 0 radical (unpaired) electrons. The molecule has 1 saturated carbocycles. The summed E-state index contributed by atoms with van der Waals surface area (Å²) in [5.74, 6) is 0.340. The summed E-state index contributed by atoms with van der Waals surface area (Å²) in [6, 6.07) is 7.69. The molecule has 0 aromatic heterocycles. The van der Waals surface area contributed by atoms with Crippen molar-refractivity contribution in [2.24, 2.45) is 11.1 Å². The molecule has 0 saturated heterocycles. The van der Waals surface area contributed by atoms with E-state index in [0.29, 0.717) is 5.92 Å². The first-order valence-corrected chi connectivity index (χ1v) is 6.27. The fourth-order valence-electron chi connectivity index (χ4n) is 2.25. The summed E-state index contributed by atoms with van der Waals surface area (Å²) < 4.78 is 0. The van der Waals surface area contributed by atoms with E-state index < -0.39 is 0 Å². The molecule has 1 aliphatic rings. The monoisotopic (exact) mass is 249 g/mol. The molecular weight excluding hydrogens is 234 g/mol. The van der Waals surface area contributed by atoms with Crippen molar-refractivity contribution >= 4 is 23.4 Å². The van der Waals surface area contributed by atoms with Gasteiger partial charge in [-0.15, -0.1) is 0 Å². The second kappa shape index (κ2) is 5.37. The lowest BCUT2D eigenvalue weighted by Gasteiger charge is -2.22. The minimum Gasteiger partial charge on any atom is -0.411 e. The number of halogens is 1. The Labute approximate surface area is 107 Å². The lowest BCUT2D eigenvalue weighted by Crippen LogP contribution is -2.19. The van der Waals surface area contributed by atoms with Gasteiger partial charge in [-0.2, -0.15) is 0 Å². The average molecular weight is 250 g/mol. The number of allylic oxidation sites excluding steroid dienone is 1. The van der Waals surface area contributed by atoms with Crippen LogP contribution in [-0.4, -0.2) is 10.9 Å². The highest BCUT2D eigenvalue weighted by atomic mass is 35.5. The van der Waals surface area contributed by atoms with Crippen LogP contribution in [0.5, 0.6) is 0 Å². The van der Waals surface area contributed by atoms with Crippen molar-refractivity contribution < 1.29 is 5.21 Å². The molecule has 1 aromatic rings. The van der Waals surface area contributed by atoms with Crippen molar-refractivity contribution in [2.75, 3.05) is 0 Å². The average Bonchev–Trinajstić information content (AvgIpc) is 2.32. The van der Waals surface area contributed by atoms with Crippen LogP contribution >= 0.6 is 11.6 Å². The normalized spacial score (nSPS) is 25.4. The Balaban J connectivity index is 2.28. The number of oxime groups is 1. The van der Waals surface area contributed by atoms with Gasteiger partial charge >= 0.3 is 0 Å². The van der Waals surface area contributed by atoms with Gasteiger partial charge in [0.05, 0.1) is 5.71 Å². The summed E-state index contributed by atoms with van der Waals surface area (Å²) in [4.78, 5) is 0. The maximum atomic E-state index is 9.08. The molecule has 90 valence electrons. The molecule has 17 heavy (non-hydrogen) atoms. The molecule has 1 aromatic carbocycles. The van der Waals surface area contributed by atoms with Crippen molar-refractivity contribution in [1.29, 1.82) is 0 Å². The van der Waals surface area contributed by atoms with Gasteiger partial charge in [-0.3, -0.25) is 0 Å². The van der Waals surface area contributed by atoms with Gasteiger partial charge in [0.15, 0.2) is 0 Å². The van der Waals surface area contributed by atoms with Crippen LogP contribution in [0.1, 0.15) is 31.7 Å². The van der Waals surface area contributed by atoms with E-state index in [1.165, 1.54) is 0 Å². The van der Waals surface area contributed by atoms with Gasteiger partial charge in [0.2, 0.25) is 0 Å². The zero-order valence-electron chi connectivity index (χ0n) is 9.86. The number of hydrogen-bond acceptors (Lipinski definition) is 2. The summed E-state index contributed by atoms with van der Waals surface area (Å²) in [5.41, 5.74) is 3.06. The summed E-state index contributed by atoms with van der Waals surface area (Å²) in [5, 5.41) is 13.3. The molecule has 1 fully saturated rings. The predicted octanol–water partition coefficient (Wildman–Crippen LogP) is 4.37. The maximum Gasteiger partial charge on any atom is 0.0855 e. The van der Waals surface area contributed by atoms with Crippen molar-refractivity contribution in [3.63, 3.8) is 0 Å². The Hall–Kier alpha value is -1.28. The van der Waals surface area contributed by atoms with E-state index in [-0.39, 0.29) is 0 Å². The quantitative estimate of drug-likeness (QED) is 0.582. The Bertz CT molecular complexity index is 448. The first-order chi connectivity index (χ1) is 8.20. The summed E-state index contributed by atoms with van der Waals surface area (Å²) >= 11 is 5.85. The fraction of sp³-hybridized carbons (Fsp3) is 0.357. The van der Waals surface area contributed by atoms with Crippen LogP contribution in [0.2, 0.25) is 5.02 Å². The highest BCUT2D eigenvalue weighted by molar-refractivity contribution is 6.30. The zero-order chi connectivity index (χ0) is 12.3. The molecule has 0 aliphatic heterocycles. The second-order valence-corrected chi connectivity index (χ2v) is 4.94. The van der Waals surface area contributed by atoms with Crippen molar-refractivity contribution in [2.45, 2.75) is 26.2 Å². The van der Waals surface area contributed by atoms with Crippen LogP contribution < -0.4 is 0 Å². The highest BCUT2D eigenvalue weighted by Crippen LogP contribution is 2.27. The maximum absolute atomic E-state index is 9.08. The Kier molecular flexibility index (Phi) is 3.85. The highest BCUT2D eigenvalue weighted by Gasteiger charge is 2.21. The first kappa shape index (κ1) is 12.2. The number of nitrogens with zero attached hydrogens (tertiary/aromatic N) is 1. The Morgan fingerprint density at radius 2 is 2.06 bits per heavy atom. The molecule has 0 amide bonds. The Morgan fingerprint density at radius 1 is 1.35 bits per heavy atom. The van der Waals surface area contributed by atoms with E-state index in [1.54, 1.807) is 0 Å². The third-order valence-corrected chi connectivity index (χ3v) is 3.45. The van der Waals surface area contributed by atoms with E-state index in [9.17, 15) is 0 Å². The predicted molar refractivity (Wildman–Crippen MR) is 71.7 cm³/mol. The van der Waals surface area contributed by atoms with Crippen LogP contribution in [-0.2, 0) is 0 Å². The van der Waals surface area contributed by atoms with Crippen LogP contribution in [0.4, 0.5) is 0 Å². The largest absolute Gasteiger partial charge is 0.411 e. The van der Waals surface area contributed by atoms with E-state index in [0.717, 1.165) is 41.1 Å². The molecule has 2 rings (SSSR count). The van der Waals surface area contributed by atoms with Gasteiger partial charge in [0.1, 0.15) is 0 Å². The lowest BCUT2D eigenvalue weighted by molar-refractivity contribution is 0.313. The molecular formula is C14H16ClNO. The number of benzene rings is 1. The standard InChI is InChI=1S/C14H16ClNO/c1-10-3-2-4-12(14(10)16-17)9-11-5-7-13(15)8-6-11/h5-10,17H,2-4H2,1H3. The fourth-order valence-corrected chi connectivity index (χ4v) is 2.38. The van der Waals surface area contributed by atoms with Crippen molar-refractivity contribution in [3.05, 3.63) is 40.4 Å². The van der Waals surface area contributed by atoms with Crippen molar-refractivity contribution in [3.8, 4) is 0 Å². The van der Waals surface area contributed by atoms with Gasteiger partial charge < -0.3 is 5.21 Å². The topological polar surface area (TPSA) is 32.6 Å². The molecule has 0 spiro atoms. The van der Waals surface area contributed by atoms with Crippen LogP contribution in [0, 0.1) is 5.92 Å². The van der Waals surface area contributed by atoms with Gasteiger partial charge in [0.25, 0.3) is 0 Å². The van der Waals surface area contributed by atoms with Gasteiger partial charge in [0, 0.05) is 10.9 Å². The first-order valence-electron chi connectivity index (χ1n) is 5.89. The van der Waals surface area contributed by atoms with Crippen LogP contribution in [0.25, 0.3) is 6.08 Å². The number of hydrogen-bond donors (Lipinski definition) is 1. The van der Waals surface area contributed by atoms with Crippen molar-refractivity contribution in [1.82, 2.24) is 0 Å². The minimum atomic E-state index is 0.340. The van der Waals surface area contributed by atoms with Gasteiger partial charge in [-0.1, -0.05) is 35.8 Å². The lowest BCUT2D eigenvalue weighted by atomic mass is 9.84. The smallest absolute Gasteiger partial charge is 0.0855 e. The molecule has 0 heterocycles. The van der Waals surface area contributed by atoms with E-state index >= 15 is 0 Å². The summed E-state index contributed by atoms with van der Waals surface area (Å²) in [6.45, 7) is 2.10. The summed E-state index contributed by atoms with van der Waals surface area (Å²) in [7, 11) is 0. The third-order valence-electron chi connectivity index (χ3n) is 3.20. The minimum absolute atomic E-state index is 0.340. The van der Waals surface area contributed by atoms with Gasteiger partial charge in [-0.05, 0) is 48.6 Å². The van der Waals surface area contributed by atoms with Crippen LogP contribution in [0.3, 0.4) is 0 Å². The summed E-state index contributed by atoms with van der Waals surface area (Å²) in [6.07, 6.45) is 5.31. The second-order valence-electron chi connectivity index (χ2n) is 4.50. The van der Waals surface area contributed by atoms with Crippen LogP contribution in [0.15, 0.2) is 35.0 Å². The zero-order valence-corrected chi connectivity index (χ0v) is 10.6. The molecule has 0 bridgehead atoms. The third kappa shape index (κ3) is 2.89.